The van der Waals surface area contributed by atoms with E-state index in [0.717, 1.165) is 11.1 Å². The molecule has 5 rings (SSSR count). The Kier molecular flexibility index (Phi) is 2.18. The smallest absolute Gasteiger partial charge is 0.282 e. The number of para-hydroxylation sites is 1. The van der Waals surface area contributed by atoms with E-state index in [1.165, 1.54) is 4.52 Å². The van der Waals surface area contributed by atoms with Crippen LogP contribution in [0.5, 0.6) is 0 Å². The average molecular weight is 299 g/mol. The summed E-state index contributed by atoms with van der Waals surface area (Å²) in [5.74, 6) is -0.155. The van der Waals surface area contributed by atoms with Crippen LogP contribution in [0.2, 0.25) is 0 Å². The summed E-state index contributed by atoms with van der Waals surface area (Å²) in [5.41, 5.74) is 3.28. The van der Waals surface area contributed by atoms with Crippen LogP contribution in [-0.4, -0.2) is 20.4 Å². The van der Waals surface area contributed by atoms with Gasteiger partial charge in [0.25, 0.3) is 5.56 Å². The minimum atomic E-state index is -0.267. The molecule has 0 spiro atoms. The van der Waals surface area contributed by atoms with Crippen molar-refractivity contribution in [3.8, 4) is 11.1 Å². The van der Waals surface area contributed by atoms with Crippen molar-refractivity contribution in [3.63, 3.8) is 0 Å². The first-order valence-corrected chi connectivity index (χ1v) is 7.21. The first-order valence-electron chi connectivity index (χ1n) is 7.21. The van der Waals surface area contributed by atoms with Crippen molar-refractivity contribution in [1.82, 2.24) is 14.6 Å². The minimum Gasteiger partial charge on any atom is -0.287 e. The number of fused-ring (bicyclic) bond motifs is 5. The number of hydrogen-bond donors (Lipinski definition) is 0. The maximum atomic E-state index is 12.6. The van der Waals surface area contributed by atoms with Gasteiger partial charge in [0.2, 0.25) is 5.78 Å². The molecule has 1 aliphatic carbocycles. The molecule has 1 aliphatic rings. The molecule has 23 heavy (non-hydrogen) atoms. The van der Waals surface area contributed by atoms with Crippen LogP contribution in [0.15, 0.2) is 59.4 Å². The first kappa shape index (κ1) is 12.2. The Morgan fingerprint density at radius 2 is 1.57 bits per heavy atom. The Hall–Kier alpha value is -3.34. The standard InChI is InChI=1S/C18H9N3O2/c22-17-11-6-2-1-5-10(11)13-9-15-19-14-8-4-3-7-12(14)18(23)21(15)20-16(13)17/h1-9H. The lowest BCUT2D eigenvalue weighted by molar-refractivity contribution is 0.103. The summed E-state index contributed by atoms with van der Waals surface area (Å²) >= 11 is 0. The van der Waals surface area contributed by atoms with Gasteiger partial charge < -0.3 is 0 Å². The summed E-state index contributed by atoms with van der Waals surface area (Å²) in [6.07, 6.45) is 0. The molecular formula is C18H9N3O2. The fraction of sp³-hybridized carbons (Fsp3) is 0. The molecule has 0 fully saturated rings. The summed E-state index contributed by atoms with van der Waals surface area (Å²) in [5, 5.41) is 4.78. The summed E-state index contributed by atoms with van der Waals surface area (Å²) in [4.78, 5) is 29.6. The van der Waals surface area contributed by atoms with Crippen molar-refractivity contribution in [2.24, 2.45) is 0 Å². The zero-order chi connectivity index (χ0) is 15.6. The third-order valence-electron chi connectivity index (χ3n) is 4.18. The van der Waals surface area contributed by atoms with Gasteiger partial charge in [-0.3, -0.25) is 9.59 Å². The van der Waals surface area contributed by atoms with Crippen molar-refractivity contribution < 1.29 is 4.79 Å². The zero-order valence-corrected chi connectivity index (χ0v) is 11.9. The fourth-order valence-corrected chi connectivity index (χ4v) is 3.10. The van der Waals surface area contributed by atoms with Gasteiger partial charge in [-0.05, 0) is 23.8 Å². The third-order valence-corrected chi connectivity index (χ3v) is 4.18. The third kappa shape index (κ3) is 1.51. The van der Waals surface area contributed by atoms with Gasteiger partial charge >= 0.3 is 0 Å². The second kappa shape index (κ2) is 4.10. The number of ketones is 1. The van der Waals surface area contributed by atoms with Crippen LogP contribution in [0.4, 0.5) is 0 Å². The molecule has 4 aromatic rings. The maximum absolute atomic E-state index is 12.6. The van der Waals surface area contributed by atoms with Gasteiger partial charge in [-0.15, -0.1) is 0 Å². The summed E-state index contributed by atoms with van der Waals surface area (Å²) in [6.45, 7) is 0. The van der Waals surface area contributed by atoms with E-state index in [1.807, 2.05) is 24.3 Å². The Balaban J connectivity index is 1.96. The number of aromatic nitrogens is 3. The monoisotopic (exact) mass is 299 g/mol. The molecule has 0 saturated carbocycles. The van der Waals surface area contributed by atoms with Gasteiger partial charge in [0.05, 0.1) is 10.9 Å². The molecule has 0 amide bonds. The van der Waals surface area contributed by atoms with Crippen LogP contribution < -0.4 is 5.56 Å². The highest BCUT2D eigenvalue weighted by atomic mass is 16.1. The predicted octanol–water partition coefficient (Wildman–Crippen LogP) is 2.45. The normalized spacial score (nSPS) is 12.6. The van der Waals surface area contributed by atoms with E-state index in [4.69, 9.17) is 0 Å². The lowest BCUT2D eigenvalue weighted by Gasteiger charge is -2.05. The lowest BCUT2D eigenvalue weighted by Crippen LogP contribution is -2.19. The van der Waals surface area contributed by atoms with Crippen LogP contribution in [0.1, 0.15) is 16.1 Å². The van der Waals surface area contributed by atoms with Crippen LogP contribution in [0.25, 0.3) is 27.7 Å². The van der Waals surface area contributed by atoms with E-state index in [9.17, 15) is 9.59 Å². The Morgan fingerprint density at radius 1 is 0.826 bits per heavy atom. The highest BCUT2D eigenvalue weighted by Crippen LogP contribution is 2.35. The number of carbonyl (C=O) groups is 1. The van der Waals surface area contributed by atoms with Crippen LogP contribution >= 0.6 is 0 Å². The second-order valence-electron chi connectivity index (χ2n) is 5.49. The Labute approximate surface area is 129 Å². The molecule has 0 saturated heterocycles. The molecule has 0 atom stereocenters. The number of rotatable bonds is 0. The van der Waals surface area contributed by atoms with Crippen molar-refractivity contribution in [1.29, 1.82) is 0 Å². The zero-order valence-electron chi connectivity index (χ0n) is 11.9. The molecular weight excluding hydrogens is 290 g/mol. The topological polar surface area (TPSA) is 64.3 Å². The van der Waals surface area contributed by atoms with Crippen molar-refractivity contribution in [3.05, 3.63) is 76.2 Å². The highest BCUT2D eigenvalue weighted by Gasteiger charge is 2.29. The second-order valence-corrected chi connectivity index (χ2v) is 5.49. The average Bonchev–Trinajstić information content (AvgIpc) is 2.87. The first-order chi connectivity index (χ1) is 11.2. The van der Waals surface area contributed by atoms with E-state index in [1.54, 1.807) is 30.3 Å². The predicted molar refractivity (Wildman–Crippen MR) is 85.6 cm³/mol. The van der Waals surface area contributed by atoms with Gasteiger partial charge in [0, 0.05) is 11.1 Å². The molecule has 5 heteroatoms. The molecule has 2 aromatic heterocycles. The minimum absolute atomic E-state index is 0.155. The molecule has 5 nitrogen and oxygen atoms in total. The molecule has 0 N–H and O–H groups in total. The van der Waals surface area contributed by atoms with E-state index in [0.29, 0.717) is 27.8 Å². The number of nitrogens with zero attached hydrogens (tertiary/aromatic N) is 3. The molecule has 108 valence electrons. The van der Waals surface area contributed by atoms with Crippen LogP contribution in [0, 0.1) is 0 Å². The molecule has 0 aliphatic heterocycles. The number of benzene rings is 2. The Bertz CT molecular complexity index is 1210. The lowest BCUT2D eigenvalue weighted by atomic mass is 10.1. The Morgan fingerprint density at radius 3 is 2.43 bits per heavy atom. The van der Waals surface area contributed by atoms with E-state index in [2.05, 4.69) is 10.1 Å². The molecule has 2 heterocycles. The van der Waals surface area contributed by atoms with Gasteiger partial charge in [0.1, 0.15) is 5.69 Å². The SMILES string of the molecule is O=C1c2ccccc2-c2cc3nc4ccccc4c(=O)n3nc21. The quantitative estimate of drug-likeness (QED) is 0.412. The fourth-order valence-electron chi connectivity index (χ4n) is 3.10. The van der Waals surface area contributed by atoms with E-state index < -0.39 is 0 Å². The summed E-state index contributed by atoms with van der Waals surface area (Å²) < 4.78 is 1.21. The summed E-state index contributed by atoms with van der Waals surface area (Å²) in [6, 6.07) is 16.3. The van der Waals surface area contributed by atoms with Gasteiger partial charge in [-0.1, -0.05) is 36.4 Å². The molecule has 0 bridgehead atoms. The number of hydrogen-bond acceptors (Lipinski definition) is 4. The van der Waals surface area contributed by atoms with Gasteiger partial charge in [0.15, 0.2) is 5.65 Å². The summed E-state index contributed by atoms with van der Waals surface area (Å²) in [7, 11) is 0. The van der Waals surface area contributed by atoms with Crippen LogP contribution in [-0.2, 0) is 0 Å². The van der Waals surface area contributed by atoms with E-state index in [-0.39, 0.29) is 11.3 Å². The van der Waals surface area contributed by atoms with Crippen molar-refractivity contribution in [2.45, 2.75) is 0 Å². The highest BCUT2D eigenvalue weighted by molar-refractivity contribution is 6.20. The largest absolute Gasteiger partial charge is 0.287 e. The molecule has 0 unspecified atom stereocenters. The van der Waals surface area contributed by atoms with Gasteiger partial charge in [-0.25, -0.2) is 4.98 Å². The molecule has 2 aromatic carbocycles. The maximum Gasteiger partial charge on any atom is 0.282 e. The van der Waals surface area contributed by atoms with Crippen molar-refractivity contribution >= 4 is 22.3 Å². The molecule has 0 radical (unpaired) electrons. The van der Waals surface area contributed by atoms with E-state index >= 15 is 0 Å². The van der Waals surface area contributed by atoms with Gasteiger partial charge in [-0.2, -0.15) is 9.61 Å². The van der Waals surface area contributed by atoms with Crippen LogP contribution in [0.3, 0.4) is 0 Å². The number of carbonyl (C=O) groups excluding carboxylic acids is 1. The van der Waals surface area contributed by atoms with Crippen molar-refractivity contribution in [2.75, 3.05) is 0 Å².